The molecule has 0 N–H and O–H groups in total. The second kappa shape index (κ2) is 3.39. The van der Waals surface area contributed by atoms with Crippen molar-refractivity contribution in [2.24, 2.45) is 17.3 Å². The van der Waals surface area contributed by atoms with E-state index in [4.69, 9.17) is 9.31 Å². The Balaban J connectivity index is 1.85. The first-order valence-electron chi connectivity index (χ1n) is 6.85. The Kier molecular flexibility index (Phi) is 2.35. The summed E-state index contributed by atoms with van der Waals surface area (Å²) in [6.07, 6.45) is 4.71. The van der Waals surface area contributed by atoms with Crippen LogP contribution in [0.1, 0.15) is 40.5 Å². The van der Waals surface area contributed by atoms with Gasteiger partial charge in [0.1, 0.15) is 0 Å². The predicted octanol–water partition coefficient (Wildman–Crippen LogP) is 3.29. The molecule has 3 aliphatic carbocycles. The molecule has 4 rings (SSSR count). The van der Waals surface area contributed by atoms with E-state index in [2.05, 4.69) is 34.3 Å². The molecule has 4 aliphatic rings. The molecule has 4 fully saturated rings. The van der Waals surface area contributed by atoms with Crippen molar-refractivity contribution in [3.05, 3.63) is 12.7 Å². The monoisotopic (exact) mass is 234 g/mol. The molecule has 0 aromatic rings. The van der Waals surface area contributed by atoms with E-state index in [1.165, 1.54) is 12.8 Å². The van der Waals surface area contributed by atoms with E-state index in [1.807, 2.05) is 6.08 Å². The first-order chi connectivity index (χ1) is 7.89. The van der Waals surface area contributed by atoms with E-state index in [0.29, 0.717) is 17.4 Å². The SMILES string of the molecule is C=C[C@@H](C)B1O[C@H]2C[C@H]3C[C@H](C3(C)C)[C@@]2(C)O1. The first-order valence-corrected chi connectivity index (χ1v) is 6.85. The highest BCUT2D eigenvalue weighted by Gasteiger charge is 2.68. The summed E-state index contributed by atoms with van der Waals surface area (Å²) in [5.41, 5.74) is 0.362. The number of hydrogen-bond acceptors (Lipinski definition) is 2. The molecule has 0 amide bonds. The maximum atomic E-state index is 6.30. The highest BCUT2D eigenvalue weighted by molar-refractivity contribution is 6.47. The molecule has 1 aliphatic heterocycles. The summed E-state index contributed by atoms with van der Waals surface area (Å²) in [7, 11) is -0.0855. The highest BCUT2D eigenvalue weighted by atomic mass is 16.7. The van der Waals surface area contributed by atoms with Crippen LogP contribution >= 0.6 is 0 Å². The Morgan fingerprint density at radius 1 is 1.35 bits per heavy atom. The van der Waals surface area contributed by atoms with Gasteiger partial charge in [-0.15, -0.1) is 6.58 Å². The Hall–Kier alpha value is -0.275. The van der Waals surface area contributed by atoms with Crippen LogP contribution in [0.2, 0.25) is 5.82 Å². The third kappa shape index (κ3) is 1.36. The molecule has 94 valence electrons. The average Bonchev–Trinajstić information content (AvgIpc) is 2.64. The highest BCUT2D eigenvalue weighted by Crippen LogP contribution is 2.66. The molecule has 3 heteroatoms. The average molecular weight is 234 g/mol. The molecule has 0 unspecified atom stereocenters. The van der Waals surface area contributed by atoms with Gasteiger partial charge in [-0.3, -0.25) is 0 Å². The van der Waals surface area contributed by atoms with Gasteiger partial charge in [0.2, 0.25) is 0 Å². The quantitative estimate of drug-likeness (QED) is 0.539. The molecule has 2 nitrogen and oxygen atoms in total. The van der Waals surface area contributed by atoms with Crippen molar-refractivity contribution in [1.82, 2.24) is 0 Å². The topological polar surface area (TPSA) is 18.5 Å². The lowest BCUT2D eigenvalue weighted by Crippen LogP contribution is -2.65. The van der Waals surface area contributed by atoms with E-state index in [1.54, 1.807) is 0 Å². The molecule has 0 aromatic carbocycles. The van der Waals surface area contributed by atoms with Gasteiger partial charge < -0.3 is 9.31 Å². The normalized spacial score (nSPS) is 48.2. The van der Waals surface area contributed by atoms with Gasteiger partial charge in [-0.05, 0) is 37.0 Å². The first kappa shape index (κ1) is 11.8. The van der Waals surface area contributed by atoms with E-state index >= 15 is 0 Å². The van der Waals surface area contributed by atoms with Crippen molar-refractivity contribution in [2.45, 2.75) is 58.1 Å². The minimum Gasteiger partial charge on any atom is -0.405 e. The number of rotatable bonds is 2. The van der Waals surface area contributed by atoms with E-state index < -0.39 is 0 Å². The molecular formula is C14H23BO2. The Bertz CT molecular complexity index is 354. The summed E-state index contributed by atoms with van der Waals surface area (Å²) < 4.78 is 12.4. The van der Waals surface area contributed by atoms with Gasteiger partial charge in [-0.1, -0.05) is 26.8 Å². The van der Waals surface area contributed by atoms with Crippen molar-refractivity contribution in [1.29, 1.82) is 0 Å². The van der Waals surface area contributed by atoms with Crippen LogP contribution in [-0.2, 0) is 9.31 Å². The molecule has 1 saturated heterocycles. The summed E-state index contributed by atoms with van der Waals surface area (Å²) in [4.78, 5) is 0. The smallest absolute Gasteiger partial charge is 0.405 e. The Morgan fingerprint density at radius 2 is 2.06 bits per heavy atom. The van der Waals surface area contributed by atoms with Gasteiger partial charge in [-0.25, -0.2) is 0 Å². The van der Waals surface area contributed by atoms with Crippen molar-refractivity contribution in [2.75, 3.05) is 0 Å². The van der Waals surface area contributed by atoms with Crippen molar-refractivity contribution >= 4 is 7.12 Å². The zero-order valence-corrected chi connectivity index (χ0v) is 11.4. The van der Waals surface area contributed by atoms with E-state index in [-0.39, 0.29) is 18.5 Å². The molecule has 0 aromatic heterocycles. The fourth-order valence-electron chi connectivity index (χ4n) is 4.24. The maximum absolute atomic E-state index is 6.30. The summed E-state index contributed by atoms with van der Waals surface area (Å²) in [5.74, 6) is 1.76. The summed E-state index contributed by atoms with van der Waals surface area (Å²) in [6.45, 7) is 13.0. The zero-order chi connectivity index (χ0) is 12.4. The molecular weight excluding hydrogens is 211 g/mol. The summed E-state index contributed by atoms with van der Waals surface area (Å²) in [5, 5.41) is 0. The van der Waals surface area contributed by atoms with Gasteiger partial charge in [0.25, 0.3) is 0 Å². The van der Waals surface area contributed by atoms with Gasteiger partial charge in [0.15, 0.2) is 0 Å². The van der Waals surface area contributed by atoms with Crippen LogP contribution in [0.4, 0.5) is 0 Å². The standard InChI is InChI=1S/C14H23BO2/c1-6-9(2)15-16-12-8-10-7-11(13(10,3)4)14(12,5)17-15/h6,9-12H,1,7-8H2,2-5H3/t9-,10-,11-,12+,14-/m1/s1. The van der Waals surface area contributed by atoms with Crippen molar-refractivity contribution < 1.29 is 9.31 Å². The summed E-state index contributed by atoms with van der Waals surface area (Å²) in [6, 6.07) is 0. The lowest BCUT2D eigenvalue weighted by atomic mass is 9.43. The molecule has 1 heterocycles. The van der Waals surface area contributed by atoms with Crippen LogP contribution in [0.3, 0.4) is 0 Å². The largest absolute Gasteiger partial charge is 0.464 e. The second-order valence-electron chi connectivity index (χ2n) is 6.93. The van der Waals surface area contributed by atoms with Crippen LogP contribution in [0, 0.1) is 17.3 Å². The van der Waals surface area contributed by atoms with Gasteiger partial charge in [0, 0.05) is 5.82 Å². The minimum absolute atomic E-state index is 0.0693. The lowest BCUT2D eigenvalue weighted by Gasteiger charge is -2.64. The lowest BCUT2D eigenvalue weighted by molar-refractivity contribution is -0.199. The minimum atomic E-state index is -0.0855. The van der Waals surface area contributed by atoms with E-state index in [9.17, 15) is 0 Å². The summed E-state index contributed by atoms with van der Waals surface area (Å²) >= 11 is 0. The molecule has 0 spiro atoms. The van der Waals surface area contributed by atoms with Gasteiger partial charge in [0.05, 0.1) is 11.7 Å². The molecule has 0 radical (unpaired) electrons. The van der Waals surface area contributed by atoms with Gasteiger partial charge >= 0.3 is 7.12 Å². The van der Waals surface area contributed by atoms with Crippen molar-refractivity contribution in [3.63, 3.8) is 0 Å². The maximum Gasteiger partial charge on any atom is 0.464 e. The number of hydrogen-bond donors (Lipinski definition) is 0. The fourth-order valence-corrected chi connectivity index (χ4v) is 4.24. The zero-order valence-electron chi connectivity index (χ0n) is 11.4. The predicted molar refractivity (Wildman–Crippen MR) is 69.7 cm³/mol. The molecule has 3 saturated carbocycles. The van der Waals surface area contributed by atoms with Crippen LogP contribution in [0.25, 0.3) is 0 Å². The molecule has 2 bridgehead atoms. The van der Waals surface area contributed by atoms with Crippen LogP contribution in [0.5, 0.6) is 0 Å². The third-order valence-electron chi connectivity index (χ3n) is 5.77. The van der Waals surface area contributed by atoms with Crippen LogP contribution in [-0.4, -0.2) is 18.8 Å². The van der Waals surface area contributed by atoms with Gasteiger partial charge in [-0.2, -0.15) is 0 Å². The van der Waals surface area contributed by atoms with Crippen LogP contribution < -0.4 is 0 Å². The second-order valence-corrected chi connectivity index (χ2v) is 6.93. The Morgan fingerprint density at radius 3 is 2.65 bits per heavy atom. The fraction of sp³-hybridized carbons (Fsp3) is 0.857. The number of allylic oxidation sites excluding steroid dienone is 1. The third-order valence-corrected chi connectivity index (χ3v) is 5.77. The van der Waals surface area contributed by atoms with Crippen LogP contribution in [0.15, 0.2) is 12.7 Å². The van der Waals surface area contributed by atoms with Crippen molar-refractivity contribution in [3.8, 4) is 0 Å². The molecule has 17 heavy (non-hydrogen) atoms. The Labute approximate surface area is 105 Å². The van der Waals surface area contributed by atoms with E-state index in [0.717, 1.165) is 5.92 Å². The molecule has 5 atom stereocenters.